The molecule has 3 aliphatic heterocycles. The molecule has 0 bridgehead atoms. The molecule has 3 heterocycles. The van der Waals surface area contributed by atoms with E-state index in [-0.39, 0.29) is 23.3 Å². The molecule has 3 fully saturated rings. The van der Waals surface area contributed by atoms with Crippen LogP contribution in [0.25, 0.3) is 0 Å². The predicted molar refractivity (Wildman–Crippen MR) is 119 cm³/mol. The largest absolute Gasteiger partial charge is 0.378 e. The number of non-ortho nitro benzene ring substituents is 1. The van der Waals surface area contributed by atoms with Crippen LogP contribution in [-0.2, 0) is 14.3 Å². The summed E-state index contributed by atoms with van der Waals surface area (Å²) in [5.41, 5.74) is 0.688. The maximum absolute atomic E-state index is 13.0. The minimum absolute atomic E-state index is 0.0313. The van der Waals surface area contributed by atoms with E-state index in [0.717, 1.165) is 10.5 Å². The first kappa shape index (κ1) is 23.4. The van der Waals surface area contributed by atoms with Crippen molar-refractivity contribution in [2.24, 2.45) is 5.92 Å². The van der Waals surface area contributed by atoms with E-state index in [9.17, 15) is 24.5 Å². The van der Waals surface area contributed by atoms with Gasteiger partial charge in [0.05, 0.1) is 47.5 Å². The minimum Gasteiger partial charge on any atom is -0.378 e. The quantitative estimate of drug-likeness (QED) is 0.448. The molecule has 4 rings (SSSR count). The van der Waals surface area contributed by atoms with Crippen molar-refractivity contribution in [3.05, 3.63) is 39.9 Å². The number of ether oxygens (including phenoxy) is 1. The second kappa shape index (κ2) is 9.63. The molecule has 4 amide bonds. The van der Waals surface area contributed by atoms with Gasteiger partial charge < -0.3 is 14.5 Å². The van der Waals surface area contributed by atoms with Gasteiger partial charge >= 0.3 is 6.03 Å². The van der Waals surface area contributed by atoms with Crippen LogP contribution in [0.5, 0.6) is 0 Å². The van der Waals surface area contributed by atoms with E-state index in [4.69, 9.17) is 4.74 Å². The summed E-state index contributed by atoms with van der Waals surface area (Å²) >= 11 is 1.32. The van der Waals surface area contributed by atoms with Gasteiger partial charge in [0.15, 0.2) is 0 Å². The van der Waals surface area contributed by atoms with Gasteiger partial charge in [0.1, 0.15) is 0 Å². The molecule has 178 valence electrons. The number of hydrogen-bond acceptors (Lipinski definition) is 9. The number of fused-ring (bicyclic) bond motifs is 1. The first-order valence-electron chi connectivity index (χ1n) is 10.6. The van der Waals surface area contributed by atoms with Crippen LogP contribution < -0.4 is 10.6 Å². The average Bonchev–Trinajstić information content (AvgIpc) is 2.84. The number of hydrogen-bond donors (Lipinski definition) is 2. The van der Waals surface area contributed by atoms with E-state index < -0.39 is 34.6 Å². The van der Waals surface area contributed by atoms with E-state index in [0.29, 0.717) is 26.3 Å². The fourth-order valence-corrected chi connectivity index (χ4v) is 5.45. The number of thioether (sulfide) groups is 1. The highest BCUT2D eigenvalue weighted by atomic mass is 32.2. The standard InChI is InChI=1S/C20H26N6O6S/c1-23-17-15(19(28)24(2)20(23)29)18(33-11-14(27)25-7-9-32-10-8-25)22-16(21-17)12-3-5-13(6-4-12)26(30)31/h3-6,15-18,21-22H,7-11H2,1-2H3. The highest BCUT2D eigenvalue weighted by molar-refractivity contribution is 8.00. The molecule has 1 aromatic carbocycles. The second-order valence-corrected chi connectivity index (χ2v) is 9.23. The lowest BCUT2D eigenvalue weighted by atomic mass is 9.96. The minimum atomic E-state index is -0.616. The Morgan fingerprint density at radius 2 is 1.85 bits per heavy atom. The van der Waals surface area contributed by atoms with Crippen molar-refractivity contribution in [2.75, 3.05) is 46.2 Å². The predicted octanol–water partition coefficient (Wildman–Crippen LogP) is 0.170. The summed E-state index contributed by atoms with van der Waals surface area (Å²) in [7, 11) is 3.06. The first-order chi connectivity index (χ1) is 15.8. The Labute approximate surface area is 194 Å². The van der Waals surface area contributed by atoms with Crippen LogP contribution in [0, 0.1) is 16.0 Å². The molecule has 4 unspecified atom stereocenters. The Morgan fingerprint density at radius 1 is 1.18 bits per heavy atom. The van der Waals surface area contributed by atoms with E-state index >= 15 is 0 Å². The summed E-state index contributed by atoms with van der Waals surface area (Å²) < 4.78 is 5.30. The Balaban J connectivity index is 1.55. The van der Waals surface area contributed by atoms with E-state index in [1.54, 1.807) is 24.1 Å². The Morgan fingerprint density at radius 3 is 2.48 bits per heavy atom. The van der Waals surface area contributed by atoms with Gasteiger partial charge in [-0.25, -0.2) is 4.79 Å². The lowest BCUT2D eigenvalue weighted by Crippen LogP contribution is -2.72. The van der Waals surface area contributed by atoms with Gasteiger partial charge in [-0.3, -0.25) is 35.2 Å². The van der Waals surface area contributed by atoms with Crippen molar-refractivity contribution in [2.45, 2.75) is 17.7 Å². The van der Waals surface area contributed by atoms with Crippen LogP contribution in [0.3, 0.4) is 0 Å². The summed E-state index contributed by atoms with van der Waals surface area (Å²) in [4.78, 5) is 53.1. The van der Waals surface area contributed by atoms with Crippen molar-refractivity contribution >= 4 is 35.3 Å². The third-order valence-corrected chi connectivity index (χ3v) is 7.35. The number of amides is 4. The molecule has 0 aromatic heterocycles. The van der Waals surface area contributed by atoms with Crippen LogP contribution in [0.2, 0.25) is 0 Å². The number of benzene rings is 1. The highest BCUT2D eigenvalue weighted by Crippen LogP contribution is 2.34. The molecule has 12 nitrogen and oxygen atoms in total. The second-order valence-electron chi connectivity index (χ2n) is 8.10. The molecule has 2 N–H and O–H groups in total. The van der Waals surface area contributed by atoms with Gasteiger partial charge in [-0.1, -0.05) is 0 Å². The molecule has 0 aliphatic carbocycles. The molecule has 4 atom stereocenters. The van der Waals surface area contributed by atoms with Crippen molar-refractivity contribution in [1.29, 1.82) is 0 Å². The number of urea groups is 1. The van der Waals surface area contributed by atoms with Crippen LogP contribution in [-0.4, -0.2) is 95.2 Å². The SMILES string of the molecule is CN1C(=O)C2C(SCC(=O)N3CCOCC3)NC(c3ccc([N+](=O)[O-])cc3)NC2N(C)C1=O. The van der Waals surface area contributed by atoms with Crippen LogP contribution >= 0.6 is 11.8 Å². The molecule has 3 aliphatic rings. The van der Waals surface area contributed by atoms with Crippen LogP contribution in [0.1, 0.15) is 11.7 Å². The molecular formula is C20H26N6O6S. The summed E-state index contributed by atoms with van der Waals surface area (Å²) in [6, 6.07) is 5.64. The maximum Gasteiger partial charge on any atom is 0.327 e. The third-order valence-electron chi connectivity index (χ3n) is 6.14. The van der Waals surface area contributed by atoms with Gasteiger partial charge in [0.25, 0.3) is 5.69 Å². The molecular weight excluding hydrogens is 452 g/mol. The number of nitro groups is 1. The summed E-state index contributed by atoms with van der Waals surface area (Å²) in [5.74, 6) is -0.813. The topological polar surface area (TPSA) is 137 Å². The van der Waals surface area contributed by atoms with Gasteiger partial charge in [-0.15, -0.1) is 11.8 Å². The Bertz CT molecular complexity index is 939. The van der Waals surface area contributed by atoms with Gasteiger partial charge in [-0.05, 0) is 17.7 Å². The Kier molecular flexibility index (Phi) is 6.83. The number of morpholine rings is 1. The maximum atomic E-state index is 13.0. The van der Waals surface area contributed by atoms with Crippen molar-refractivity contribution in [3.63, 3.8) is 0 Å². The molecule has 1 aromatic rings. The number of carbonyl (C=O) groups is 3. The normalized spacial score (nSPS) is 28.0. The molecule has 33 heavy (non-hydrogen) atoms. The number of imide groups is 1. The summed E-state index contributed by atoms with van der Waals surface area (Å²) in [6.07, 6.45) is -1.08. The number of rotatable bonds is 5. The first-order valence-corrected chi connectivity index (χ1v) is 11.6. The molecule has 0 radical (unpaired) electrons. The highest BCUT2D eigenvalue weighted by Gasteiger charge is 2.51. The average molecular weight is 479 g/mol. The lowest BCUT2D eigenvalue weighted by Gasteiger charge is -2.50. The lowest BCUT2D eigenvalue weighted by molar-refractivity contribution is -0.384. The number of nitrogens with zero attached hydrogens (tertiary/aromatic N) is 4. The van der Waals surface area contributed by atoms with E-state index in [1.165, 1.54) is 35.8 Å². The van der Waals surface area contributed by atoms with Crippen LogP contribution in [0.4, 0.5) is 10.5 Å². The third kappa shape index (κ3) is 4.67. The van der Waals surface area contributed by atoms with E-state index in [1.807, 2.05) is 0 Å². The molecule has 0 saturated carbocycles. The summed E-state index contributed by atoms with van der Waals surface area (Å²) in [6.45, 7) is 2.08. The summed E-state index contributed by atoms with van der Waals surface area (Å²) in [5, 5.41) is 17.2. The van der Waals surface area contributed by atoms with Gasteiger partial charge in [-0.2, -0.15) is 0 Å². The molecule has 0 spiro atoms. The zero-order valence-electron chi connectivity index (χ0n) is 18.3. The van der Waals surface area contributed by atoms with Crippen LogP contribution in [0.15, 0.2) is 24.3 Å². The smallest absolute Gasteiger partial charge is 0.327 e. The Hall–Kier alpha value is -2.74. The van der Waals surface area contributed by atoms with E-state index in [2.05, 4.69) is 10.6 Å². The fraction of sp³-hybridized carbons (Fsp3) is 0.550. The van der Waals surface area contributed by atoms with Gasteiger partial charge in [0, 0.05) is 39.3 Å². The zero-order chi connectivity index (χ0) is 23.7. The van der Waals surface area contributed by atoms with Crippen molar-refractivity contribution < 1.29 is 24.0 Å². The number of nitrogens with one attached hydrogen (secondary N) is 2. The number of carbonyl (C=O) groups excluding carboxylic acids is 3. The van der Waals surface area contributed by atoms with Gasteiger partial charge in [0.2, 0.25) is 11.8 Å². The molecule has 13 heteroatoms. The van der Waals surface area contributed by atoms with Crippen molar-refractivity contribution in [3.8, 4) is 0 Å². The number of nitro benzene ring substituents is 1. The van der Waals surface area contributed by atoms with Crippen molar-refractivity contribution in [1.82, 2.24) is 25.3 Å². The fourth-order valence-electron chi connectivity index (χ4n) is 4.24. The monoisotopic (exact) mass is 478 g/mol. The molecule has 3 saturated heterocycles. The zero-order valence-corrected chi connectivity index (χ0v) is 19.1.